The Balaban J connectivity index is 2.47. The Morgan fingerprint density at radius 3 is 2.67 bits per heavy atom. The fraction of sp³-hybridized carbons (Fsp3) is 0.615. The van der Waals surface area contributed by atoms with Crippen LogP contribution >= 0.6 is 11.6 Å². The summed E-state index contributed by atoms with van der Waals surface area (Å²) >= 11 is 5.70. The van der Waals surface area contributed by atoms with E-state index < -0.39 is 0 Å². The number of aromatic nitrogens is 2. The van der Waals surface area contributed by atoms with Crippen molar-refractivity contribution < 1.29 is 4.79 Å². The lowest BCUT2D eigenvalue weighted by molar-refractivity contribution is -0.117. The first-order valence-electron chi connectivity index (χ1n) is 6.04. The van der Waals surface area contributed by atoms with Gasteiger partial charge in [-0.3, -0.25) is 9.78 Å². The molecule has 1 aromatic rings. The topological polar surface area (TPSA) is 54.9 Å². The van der Waals surface area contributed by atoms with Crippen LogP contribution in [-0.2, 0) is 4.79 Å². The van der Waals surface area contributed by atoms with Gasteiger partial charge in [-0.2, -0.15) is 0 Å². The van der Waals surface area contributed by atoms with Crippen LogP contribution in [0, 0.1) is 11.3 Å². The number of carbonyl (C=O) groups excluding carboxylic acids is 1. The molecule has 0 aromatic carbocycles. The molecule has 1 unspecified atom stereocenters. The van der Waals surface area contributed by atoms with Crippen molar-refractivity contribution in [2.24, 2.45) is 11.3 Å². The van der Waals surface area contributed by atoms with Gasteiger partial charge in [0.1, 0.15) is 5.15 Å². The molecular formula is C13H20ClN3O. The molecule has 4 nitrogen and oxygen atoms in total. The van der Waals surface area contributed by atoms with E-state index in [2.05, 4.69) is 43.0 Å². The molecule has 0 saturated carbocycles. The van der Waals surface area contributed by atoms with Crippen LogP contribution in [0.25, 0.3) is 0 Å². The first-order valence-corrected chi connectivity index (χ1v) is 6.41. The third-order valence-electron chi connectivity index (χ3n) is 2.37. The van der Waals surface area contributed by atoms with Gasteiger partial charge in [0.2, 0.25) is 5.91 Å². The van der Waals surface area contributed by atoms with E-state index in [0.717, 1.165) is 6.42 Å². The molecular weight excluding hydrogens is 250 g/mol. The summed E-state index contributed by atoms with van der Waals surface area (Å²) in [6.07, 6.45) is 4.39. The summed E-state index contributed by atoms with van der Waals surface area (Å²) in [5.74, 6) is 0.677. The lowest BCUT2D eigenvalue weighted by Crippen LogP contribution is -2.19. The minimum absolute atomic E-state index is 0.0525. The molecule has 0 aliphatic heterocycles. The number of anilines is 1. The molecule has 1 N–H and O–H groups in total. The number of hydrogen-bond acceptors (Lipinski definition) is 3. The van der Waals surface area contributed by atoms with Crippen LogP contribution < -0.4 is 5.32 Å². The average molecular weight is 270 g/mol. The lowest BCUT2D eigenvalue weighted by atomic mass is 9.84. The van der Waals surface area contributed by atoms with Crippen LogP contribution in [0.4, 0.5) is 5.82 Å². The van der Waals surface area contributed by atoms with E-state index >= 15 is 0 Å². The highest BCUT2D eigenvalue weighted by Gasteiger charge is 2.18. The van der Waals surface area contributed by atoms with Crippen LogP contribution in [-0.4, -0.2) is 15.9 Å². The zero-order chi connectivity index (χ0) is 13.8. The van der Waals surface area contributed by atoms with Gasteiger partial charge < -0.3 is 5.32 Å². The number of halogens is 1. The normalized spacial score (nSPS) is 13.2. The summed E-state index contributed by atoms with van der Waals surface area (Å²) in [4.78, 5) is 19.6. The molecule has 0 spiro atoms. The summed E-state index contributed by atoms with van der Waals surface area (Å²) in [5, 5.41) is 2.98. The second kappa shape index (κ2) is 6.14. The molecule has 0 aliphatic rings. The number of nitrogens with one attached hydrogen (secondary N) is 1. The average Bonchev–Trinajstić information content (AvgIpc) is 2.13. The van der Waals surface area contributed by atoms with Gasteiger partial charge in [0.25, 0.3) is 0 Å². The monoisotopic (exact) mass is 269 g/mol. The van der Waals surface area contributed by atoms with E-state index in [1.165, 1.54) is 12.4 Å². The van der Waals surface area contributed by atoms with Crippen molar-refractivity contribution in [1.29, 1.82) is 0 Å². The Kier molecular flexibility index (Phi) is 5.08. The Hall–Kier alpha value is -1.16. The van der Waals surface area contributed by atoms with E-state index in [9.17, 15) is 4.79 Å². The van der Waals surface area contributed by atoms with E-state index in [1.54, 1.807) is 0 Å². The van der Waals surface area contributed by atoms with Crippen molar-refractivity contribution in [3.8, 4) is 0 Å². The molecule has 0 radical (unpaired) electrons. The van der Waals surface area contributed by atoms with Crippen LogP contribution in [0.15, 0.2) is 12.4 Å². The third kappa shape index (κ3) is 5.96. The van der Waals surface area contributed by atoms with Gasteiger partial charge >= 0.3 is 0 Å². The Bertz CT molecular complexity index is 415. The fourth-order valence-corrected chi connectivity index (χ4v) is 2.18. The molecule has 0 fully saturated rings. The van der Waals surface area contributed by atoms with E-state index in [1.807, 2.05) is 0 Å². The van der Waals surface area contributed by atoms with E-state index in [0.29, 0.717) is 18.2 Å². The smallest absolute Gasteiger partial charge is 0.225 e. The largest absolute Gasteiger partial charge is 0.309 e. The predicted molar refractivity (Wildman–Crippen MR) is 73.5 cm³/mol. The van der Waals surface area contributed by atoms with E-state index in [-0.39, 0.29) is 16.5 Å². The zero-order valence-electron chi connectivity index (χ0n) is 11.3. The van der Waals surface area contributed by atoms with Crippen molar-refractivity contribution >= 4 is 23.3 Å². The van der Waals surface area contributed by atoms with E-state index in [4.69, 9.17) is 11.6 Å². The van der Waals surface area contributed by atoms with Crippen molar-refractivity contribution in [2.75, 3.05) is 5.32 Å². The molecule has 1 heterocycles. The van der Waals surface area contributed by atoms with Crippen LogP contribution in [0.5, 0.6) is 0 Å². The SMILES string of the molecule is CC(CC(=O)Nc1cncc(Cl)n1)CC(C)(C)C. The summed E-state index contributed by atoms with van der Waals surface area (Å²) in [5.41, 5.74) is 0.232. The fourth-order valence-electron chi connectivity index (χ4n) is 2.03. The second-order valence-corrected chi connectivity index (χ2v) is 6.24. The quantitative estimate of drug-likeness (QED) is 0.910. The third-order valence-corrected chi connectivity index (χ3v) is 2.55. The van der Waals surface area contributed by atoms with Crippen LogP contribution in [0.3, 0.4) is 0 Å². The minimum atomic E-state index is -0.0525. The Morgan fingerprint density at radius 1 is 1.44 bits per heavy atom. The highest BCUT2D eigenvalue weighted by Crippen LogP contribution is 2.26. The molecule has 0 bridgehead atoms. The van der Waals surface area contributed by atoms with Gasteiger partial charge in [-0.05, 0) is 17.8 Å². The van der Waals surface area contributed by atoms with Crippen LogP contribution in [0.1, 0.15) is 40.5 Å². The number of hydrogen-bond donors (Lipinski definition) is 1. The lowest BCUT2D eigenvalue weighted by Gasteiger charge is -2.22. The summed E-state index contributed by atoms with van der Waals surface area (Å²) < 4.78 is 0. The number of nitrogens with zero attached hydrogens (tertiary/aromatic N) is 2. The summed E-state index contributed by atoms with van der Waals surface area (Å²) in [6, 6.07) is 0. The molecule has 0 aliphatic carbocycles. The number of amides is 1. The van der Waals surface area contributed by atoms with Gasteiger partial charge in [-0.15, -0.1) is 0 Å². The summed E-state index contributed by atoms with van der Waals surface area (Å²) in [7, 11) is 0. The first kappa shape index (κ1) is 14.9. The van der Waals surface area contributed by atoms with Gasteiger partial charge in [-0.25, -0.2) is 4.98 Å². The van der Waals surface area contributed by atoms with Crippen molar-refractivity contribution in [1.82, 2.24) is 9.97 Å². The highest BCUT2D eigenvalue weighted by molar-refractivity contribution is 6.29. The van der Waals surface area contributed by atoms with Gasteiger partial charge in [0.05, 0.1) is 12.4 Å². The van der Waals surface area contributed by atoms with Gasteiger partial charge in [0, 0.05) is 6.42 Å². The van der Waals surface area contributed by atoms with Crippen LogP contribution in [0.2, 0.25) is 5.15 Å². The molecule has 1 atom stereocenters. The first-order chi connectivity index (χ1) is 8.26. The maximum atomic E-state index is 11.8. The number of rotatable bonds is 4. The maximum Gasteiger partial charge on any atom is 0.225 e. The molecule has 5 heteroatoms. The van der Waals surface area contributed by atoms with Gasteiger partial charge in [0.15, 0.2) is 5.82 Å². The molecule has 18 heavy (non-hydrogen) atoms. The molecule has 1 amide bonds. The minimum Gasteiger partial charge on any atom is -0.309 e. The van der Waals surface area contributed by atoms with Gasteiger partial charge in [-0.1, -0.05) is 39.3 Å². The molecule has 0 saturated heterocycles. The molecule has 100 valence electrons. The standard InChI is InChI=1S/C13H20ClN3O/c1-9(6-13(2,3)4)5-12(18)17-11-8-15-7-10(14)16-11/h7-9H,5-6H2,1-4H3,(H,16,17,18). The van der Waals surface area contributed by atoms with Crippen molar-refractivity contribution in [2.45, 2.75) is 40.5 Å². The maximum absolute atomic E-state index is 11.8. The Morgan fingerprint density at radius 2 is 2.11 bits per heavy atom. The van der Waals surface area contributed by atoms with Crippen molar-refractivity contribution in [3.63, 3.8) is 0 Å². The highest BCUT2D eigenvalue weighted by atomic mass is 35.5. The zero-order valence-corrected chi connectivity index (χ0v) is 12.1. The second-order valence-electron chi connectivity index (χ2n) is 5.85. The number of carbonyl (C=O) groups is 1. The Labute approximate surface area is 113 Å². The molecule has 1 rings (SSSR count). The van der Waals surface area contributed by atoms with Crippen molar-refractivity contribution in [3.05, 3.63) is 17.5 Å². The molecule has 1 aromatic heterocycles. The summed E-state index contributed by atoms with van der Waals surface area (Å²) in [6.45, 7) is 8.59. The predicted octanol–water partition coefficient (Wildman–Crippen LogP) is 3.53.